The summed E-state index contributed by atoms with van der Waals surface area (Å²) in [7, 11) is 4.64. The molecular weight excluding hydrogens is 582 g/mol. The number of amides is 1. The summed E-state index contributed by atoms with van der Waals surface area (Å²) in [6.45, 7) is 8.04. The third-order valence-corrected chi connectivity index (χ3v) is 8.70. The van der Waals surface area contributed by atoms with Gasteiger partial charge in [0.05, 0.1) is 30.8 Å². The summed E-state index contributed by atoms with van der Waals surface area (Å²) >= 11 is 4.29. The number of benzene rings is 2. The van der Waals surface area contributed by atoms with Crippen LogP contribution in [0.1, 0.15) is 39.2 Å². The summed E-state index contributed by atoms with van der Waals surface area (Å²) in [4.78, 5) is 23.9. The molecule has 3 unspecified atom stereocenters. The Hall–Kier alpha value is -3.19. The van der Waals surface area contributed by atoms with Gasteiger partial charge in [0.25, 0.3) is 0 Å². The molecule has 0 saturated carbocycles. The quantitative estimate of drug-likeness (QED) is 0.305. The maximum atomic E-state index is 13.1. The molecule has 1 fully saturated rings. The van der Waals surface area contributed by atoms with E-state index in [1.165, 1.54) is 11.4 Å². The second-order valence-corrected chi connectivity index (χ2v) is 12.4. The van der Waals surface area contributed by atoms with Crippen LogP contribution in [0.4, 0.5) is 10.7 Å². The van der Waals surface area contributed by atoms with Crippen LogP contribution in [0.25, 0.3) is 22.0 Å². The Bertz CT molecular complexity index is 1460. The first kappa shape index (κ1) is 31.7. The molecule has 1 aromatic heterocycles. The van der Waals surface area contributed by atoms with Gasteiger partial charge < -0.3 is 29.0 Å². The highest BCUT2D eigenvalue weighted by Crippen LogP contribution is 2.43. The first-order valence-electron chi connectivity index (χ1n) is 13.6. The molecule has 42 heavy (non-hydrogen) atoms. The van der Waals surface area contributed by atoms with Crippen molar-refractivity contribution in [3.05, 3.63) is 41.0 Å². The molecule has 2 aromatic carbocycles. The van der Waals surface area contributed by atoms with Crippen molar-refractivity contribution in [3.8, 4) is 22.6 Å². The number of rotatable bonds is 10. The van der Waals surface area contributed by atoms with Crippen LogP contribution >= 0.6 is 11.6 Å². The normalized spacial score (nSPS) is 17.9. The minimum atomic E-state index is -2.41. The first-order chi connectivity index (χ1) is 19.9. The highest BCUT2D eigenvalue weighted by atomic mass is 35.5. The SMILES string of the molecule is CCC(C)(C)OC(=O)N1CC(Nc2ncc3cc(-c4c(C)c(OC)cc(OC)c4Cl)ccc3n2)CC1CN(C)S(=O)[O-]. The third kappa shape index (κ3) is 6.88. The molecule has 1 aliphatic rings. The Morgan fingerprint density at radius 1 is 1.26 bits per heavy atom. The van der Waals surface area contributed by atoms with Gasteiger partial charge in [-0.25, -0.2) is 19.1 Å². The fourth-order valence-corrected chi connectivity index (χ4v) is 5.67. The molecular formula is C29H37ClN5O6S-. The van der Waals surface area contributed by atoms with Gasteiger partial charge in [0.1, 0.15) is 17.1 Å². The van der Waals surface area contributed by atoms with Gasteiger partial charge in [0, 0.05) is 59.2 Å². The molecule has 3 aromatic rings. The van der Waals surface area contributed by atoms with Crippen LogP contribution in [0, 0.1) is 6.92 Å². The topological polar surface area (TPSA) is 129 Å². The van der Waals surface area contributed by atoms with Crippen molar-refractivity contribution in [3.63, 3.8) is 0 Å². The number of ether oxygens (including phenoxy) is 3. The summed E-state index contributed by atoms with van der Waals surface area (Å²) < 4.78 is 40.9. The average molecular weight is 619 g/mol. The largest absolute Gasteiger partial charge is 0.760 e. The van der Waals surface area contributed by atoms with Gasteiger partial charge in [0.15, 0.2) is 0 Å². The Labute approximate surface area is 253 Å². The summed E-state index contributed by atoms with van der Waals surface area (Å²) in [6.07, 6.45) is 2.40. The zero-order valence-corrected chi connectivity index (χ0v) is 26.5. The van der Waals surface area contributed by atoms with Crippen LogP contribution in [0.5, 0.6) is 11.5 Å². The number of aromatic nitrogens is 2. The summed E-state index contributed by atoms with van der Waals surface area (Å²) in [5, 5.41) is 4.62. The van der Waals surface area contributed by atoms with E-state index in [1.807, 2.05) is 45.9 Å². The van der Waals surface area contributed by atoms with E-state index in [2.05, 4.69) is 10.3 Å². The molecule has 1 N–H and O–H groups in total. The number of methoxy groups -OCH3 is 2. The van der Waals surface area contributed by atoms with E-state index < -0.39 is 23.0 Å². The van der Waals surface area contributed by atoms with Crippen LogP contribution in [-0.2, 0) is 16.0 Å². The van der Waals surface area contributed by atoms with Gasteiger partial charge in [-0.15, -0.1) is 0 Å². The molecule has 228 valence electrons. The van der Waals surface area contributed by atoms with Crippen molar-refractivity contribution < 1.29 is 27.8 Å². The Morgan fingerprint density at radius 2 is 1.98 bits per heavy atom. The maximum absolute atomic E-state index is 13.1. The van der Waals surface area contributed by atoms with E-state index >= 15 is 0 Å². The number of likely N-dealkylation sites (N-methyl/N-ethyl adjacent to an activating group) is 1. The highest BCUT2D eigenvalue weighted by Gasteiger charge is 2.39. The molecule has 4 rings (SSSR count). The molecule has 3 atom stereocenters. The number of carbonyl (C=O) groups is 1. The highest BCUT2D eigenvalue weighted by molar-refractivity contribution is 7.76. The molecule has 1 aliphatic heterocycles. The number of carbonyl (C=O) groups excluding carboxylic acids is 1. The smallest absolute Gasteiger partial charge is 0.410 e. The van der Waals surface area contributed by atoms with Gasteiger partial charge in [-0.2, -0.15) is 0 Å². The lowest BCUT2D eigenvalue weighted by Gasteiger charge is -2.32. The lowest BCUT2D eigenvalue weighted by atomic mass is 9.98. The number of hydrogen-bond donors (Lipinski definition) is 1. The third-order valence-electron chi connectivity index (χ3n) is 7.67. The molecule has 1 saturated heterocycles. The van der Waals surface area contributed by atoms with E-state index in [1.54, 1.807) is 31.4 Å². The Morgan fingerprint density at radius 3 is 2.62 bits per heavy atom. The maximum Gasteiger partial charge on any atom is 0.410 e. The second kappa shape index (κ2) is 13.0. The number of likely N-dealkylation sites (tertiary alicyclic amines) is 1. The van der Waals surface area contributed by atoms with E-state index in [0.717, 1.165) is 27.6 Å². The molecule has 11 nitrogen and oxygen atoms in total. The second-order valence-electron chi connectivity index (χ2n) is 11.0. The van der Waals surface area contributed by atoms with Crippen LogP contribution in [-0.4, -0.2) is 86.1 Å². The van der Waals surface area contributed by atoms with E-state index in [4.69, 9.17) is 30.8 Å². The fraction of sp³-hybridized carbons (Fsp3) is 0.483. The minimum absolute atomic E-state index is 0.147. The molecule has 13 heteroatoms. The molecule has 0 spiro atoms. The molecule has 0 radical (unpaired) electrons. The lowest BCUT2D eigenvalue weighted by molar-refractivity contribution is 0.00835. The van der Waals surface area contributed by atoms with Crippen molar-refractivity contribution in [1.29, 1.82) is 0 Å². The Balaban J connectivity index is 1.57. The Kier molecular flexibility index (Phi) is 9.81. The van der Waals surface area contributed by atoms with Gasteiger partial charge in [-0.3, -0.25) is 4.21 Å². The fourth-order valence-electron chi connectivity index (χ4n) is 4.99. The number of nitrogens with zero attached hydrogens (tertiary/aromatic N) is 4. The zero-order valence-electron chi connectivity index (χ0n) is 24.9. The number of nitrogens with one attached hydrogen (secondary N) is 1. The van der Waals surface area contributed by atoms with Crippen LogP contribution < -0.4 is 14.8 Å². The average Bonchev–Trinajstić information content (AvgIpc) is 3.35. The van der Waals surface area contributed by atoms with E-state index in [9.17, 15) is 13.6 Å². The van der Waals surface area contributed by atoms with Gasteiger partial charge in [-0.05, 0) is 58.4 Å². The van der Waals surface area contributed by atoms with Crippen LogP contribution in [0.15, 0.2) is 30.5 Å². The molecule has 0 bridgehead atoms. The molecule has 0 aliphatic carbocycles. The predicted molar refractivity (Wildman–Crippen MR) is 163 cm³/mol. The van der Waals surface area contributed by atoms with Gasteiger partial charge in [0.2, 0.25) is 5.95 Å². The number of anilines is 1. The summed E-state index contributed by atoms with van der Waals surface area (Å²) in [5.41, 5.74) is 2.64. The van der Waals surface area contributed by atoms with Crippen LogP contribution in [0.3, 0.4) is 0 Å². The zero-order chi connectivity index (χ0) is 30.8. The first-order valence-corrected chi connectivity index (χ1v) is 15.0. The van der Waals surface area contributed by atoms with Crippen molar-refractivity contribution in [2.24, 2.45) is 0 Å². The number of fused-ring (bicyclic) bond motifs is 1. The van der Waals surface area contributed by atoms with E-state index in [-0.39, 0.29) is 18.6 Å². The predicted octanol–water partition coefficient (Wildman–Crippen LogP) is 5.18. The standard InChI is InChI=1S/C29H38ClN5O6S/c1-8-29(3,4)41-28(36)35-15-20(12-21(35)16-34(5)42(37)38)32-27-31-14-19-11-18(9-10-22(19)33-27)25-17(2)23(39-6)13-24(40-7)26(25)30/h9-11,13-14,20-21H,8,12,15-16H2,1-7H3,(H,37,38)(H,31,32,33)/p-1. The summed E-state index contributed by atoms with van der Waals surface area (Å²) in [5.74, 6) is 1.59. The van der Waals surface area contributed by atoms with Gasteiger partial charge in [-0.1, -0.05) is 24.6 Å². The van der Waals surface area contributed by atoms with Crippen molar-refractivity contribution in [2.75, 3.05) is 39.7 Å². The molecule has 1 amide bonds. The number of halogens is 1. The number of hydrogen-bond acceptors (Lipinski definition) is 9. The van der Waals surface area contributed by atoms with Crippen molar-refractivity contribution in [1.82, 2.24) is 19.2 Å². The monoisotopic (exact) mass is 618 g/mol. The lowest BCUT2D eigenvalue weighted by Crippen LogP contribution is -2.45. The van der Waals surface area contributed by atoms with Crippen molar-refractivity contribution >= 4 is 45.8 Å². The van der Waals surface area contributed by atoms with E-state index in [0.29, 0.717) is 41.9 Å². The minimum Gasteiger partial charge on any atom is -0.760 e. The van der Waals surface area contributed by atoms with Gasteiger partial charge >= 0.3 is 6.09 Å². The summed E-state index contributed by atoms with van der Waals surface area (Å²) in [6, 6.07) is 6.98. The molecule has 2 heterocycles. The van der Waals surface area contributed by atoms with Crippen molar-refractivity contribution in [2.45, 2.75) is 58.2 Å². The van der Waals surface area contributed by atoms with Crippen LogP contribution in [0.2, 0.25) is 5.02 Å².